The molecule has 3 rings (SSSR count). The molecule has 2 N–H and O–H groups in total. The maximum absolute atomic E-state index is 12.3. The highest BCUT2D eigenvalue weighted by molar-refractivity contribution is 8.15. The first-order valence-electron chi connectivity index (χ1n) is 8.05. The minimum Gasteiger partial charge on any atom is -0.350 e. The first kappa shape index (κ1) is 18.7. The molecule has 0 aromatic heterocycles. The van der Waals surface area contributed by atoms with E-state index in [0.717, 1.165) is 10.6 Å². The third-order valence-corrected chi connectivity index (χ3v) is 5.97. The van der Waals surface area contributed by atoms with Gasteiger partial charge in [-0.3, -0.25) is 9.59 Å². The minimum atomic E-state index is -3.41. The maximum atomic E-state index is 12.3. The lowest BCUT2D eigenvalue weighted by Crippen LogP contribution is -2.45. The zero-order valence-corrected chi connectivity index (χ0v) is 16.3. The van der Waals surface area contributed by atoms with Crippen LogP contribution in [0.2, 0.25) is 0 Å². The number of thioether (sulfide) groups is 1. The molecule has 2 amide bonds. The van der Waals surface area contributed by atoms with E-state index in [2.05, 4.69) is 15.0 Å². The predicted molar refractivity (Wildman–Crippen MR) is 101 cm³/mol. The lowest BCUT2D eigenvalue weighted by Gasteiger charge is -2.22. The number of sulfonamides is 1. The Balaban J connectivity index is 1.69. The van der Waals surface area contributed by atoms with Gasteiger partial charge in [0.05, 0.1) is 18.0 Å². The van der Waals surface area contributed by atoms with Gasteiger partial charge in [0, 0.05) is 22.5 Å². The van der Waals surface area contributed by atoms with Gasteiger partial charge in [-0.2, -0.15) is 0 Å². The first-order valence-corrected chi connectivity index (χ1v) is 10.5. The van der Waals surface area contributed by atoms with Crippen molar-refractivity contribution >= 4 is 44.5 Å². The number of hydrogen-bond acceptors (Lipinski definition) is 6. The van der Waals surface area contributed by atoms with Crippen molar-refractivity contribution in [1.82, 2.24) is 10.6 Å². The van der Waals surface area contributed by atoms with Gasteiger partial charge in [-0.15, -0.1) is 4.40 Å². The van der Waals surface area contributed by atoms with Gasteiger partial charge < -0.3 is 15.5 Å². The number of rotatable bonds is 3. The van der Waals surface area contributed by atoms with Crippen LogP contribution in [-0.4, -0.2) is 49.8 Å². The summed E-state index contributed by atoms with van der Waals surface area (Å²) in [6, 6.07) is 5.11. The summed E-state index contributed by atoms with van der Waals surface area (Å²) in [6.07, 6.45) is 0. The molecule has 2 heterocycles. The van der Waals surface area contributed by atoms with Crippen molar-refractivity contribution in [3.63, 3.8) is 0 Å². The second-order valence-corrected chi connectivity index (χ2v) is 9.84. The average Bonchev–Trinajstić information content (AvgIpc) is 2.85. The van der Waals surface area contributed by atoms with Crippen LogP contribution in [0, 0.1) is 0 Å². The molecule has 0 saturated heterocycles. The number of amidine groups is 1. The van der Waals surface area contributed by atoms with Gasteiger partial charge in [0.25, 0.3) is 15.9 Å². The van der Waals surface area contributed by atoms with Gasteiger partial charge in [-0.25, -0.2) is 8.42 Å². The van der Waals surface area contributed by atoms with E-state index >= 15 is 0 Å². The minimum absolute atomic E-state index is 0.0262. The Morgan fingerprint density at radius 1 is 1.31 bits per heavy atom. The molecule has 0 spiro atoms. The molecule has 0 atom stereocenters. The molecule has 0 saturated carbocycles. The molecule has 0 unspecified atom stereocenters. The average molecular weight is 396 g/mol. The Kier molecular flexibility index (Phi) is 4.74. The maximum Gasteiger partial charge on any atom is 0.257 e. The third-order valence-electron chi connectivity index (χ3n) is 3.66. The van der Waals surface area contributed by atoms with Crippen molar-refractivity contribution in [3.05, 3.63) is 23.8 Å². The molecule has 140 valence electrons. The number of benzene rings is 1. The van der Waals surface area contributed by atoms with Crippen LogP contribution >= 0.6 is 11.8 Å². The molecular weight excluding hydrogens is 376 g/mol. The summed E-state index contributed by atoms with van der Waals surface area (Å²) in [5, 5.41) is 5.77. The van der Waals surface area contributed by atoms with Crippen LogP contribution in [0.1, 0.15) is 31.1 Å². The van der Waals surface area contributed by atoms with Crippen molar-refractivity contribution < 1.29 is 18.0 Å². The van der Waals surface area contributed by atoms with E-state index in [9.17, 15) is 18.0 Å². The molecule has 0 aliphatic carbocycles. The Labute approximate surface area is 156 Å². The van der Waals surface area contributed by atoms with Crippen molar-refractivity contribution in [2.75, 3.05) is 23.7 Å². The van der Waals surface area contributed by atoms with E-state index in [1.165, 1.54) is 11.8 Å². The molecule has 2 aliphatic heterocycles. The van der Waals surface area contributed by atoms with Crippen LogP contribution in [0.5, 0.6) is 0 Å². The largest absolute Gasteiger partial charge is 0.350 e. The summed E-state index contributed by atoms with van der Waals surface area (Å²) >= 11 is 1.22. The number of anilines is 1. The van der Waals surface area contributed by atoms with Gasteiger partial charge in [0.1, 0.15) is 0 Å². The monoisotopic (exact) mass is 396 g/mol. The first-order chi connectivity index (χ1) is 12.0. The fourth-order valence-electron chi connectivity index (χ4n) is 2.60. The molecule has 8 nitrogen and oxygen atoms in total. The zero-order valence-electron chi connectivity index (χ0n) is 14.7. The molecule has 1 aromatic carbocycles. The summed E-state index contributed by atoms with van der Waals surface area (Å²) in [4.78, 5) is 26.7. The number of nitrogens with one attached hydrogen (secondary N) is 2. The van der Waals surface area contributed by atoms with Gasteiger partial charge in [-0.1, -0.05) is 0 Å². The molecule has 2 aliphatic rings. The zero-order chi connectivity index (χ0) is 19.1. The SMILES string of the molecule is CC(C)(C)NC(=O)CNC(=O)c1ccc2c(c1)SC1=NS(=O)(=O)CCN12. The molecule has 1 aromatic rings. The molecule has 10 heteroatoms. The predicted octanol–water partition coefficient (Wildman–Crippen LogP) is 0.943. The van der Waals surface area contributed by atoms with E-state index < -0.39 is 10.0 Å². The highest BCUT2D eigenvalue weighted by Gasteiger charge is 2.33. The van der Waals surface area contributed by atoms with E-state index in [1.54, 1.807) is 18.2 Å². The van der Waals surface area contributed by atoms with Gasteiger partial charge in [0.2, 0.25) is 5.91 Å². The number of carbonyl (C=O) groups is 2. The number of amides is 2. The van der Waals surface area contributed by atoms with Crippen LogP contribution in [0.25, 0.3) is 0 Å². The summed E-state index contributed by atoms with van der Waals surface area (Å²) < 4.78 is 27.1. The highest BCUT2D eigenvalue weighted by Crippen LogP contribution is 2.42. The lowest BCUT2D eigenvalue weighted by molar-refractivity contribution is -0.121. The fourth-order valence-corrected chi connectivity index (χ4v) is 4.89. The molecule has 26 heavy (non-hydrogen) atoms. The summed E-state index contributed by atoms with van der Waals surface area (Å²) in [5.41, 5.74) is 0.881. The van der Waals surface area contributed by atoms with Crippen LogP contribution in [0.15, 0.2) is 27.5 Å². The van der Waals surface area contributed by atoms with Crippen molar-refractivity contribution in [2.24, 2.45) is 4.40 Å². The van der Waals surface area contributed by atoms with Crippen LogP contribution < -0.4 is 15.5 Å². The highest BCUT2D eigenvalue weighted by atomic mass is 32.2. The standard InChI is InChI=1S/C16H20N4O4S2/c1-16(2,3)18-13(21)9-17-14(22)10-4-5-11-12(8-10)25-15-19-26(23,24)7-6-20(11)15/h4-5,8H,6-7,9H2,1-3H3,(H,17,22)(H,18,21). The second-order valence-electron chi connectivity index (χ2n) is 7.08. The Morgan fingerprint density at radius 2 is 2.04 bits per heavy atom. The van der Waals surface area contributed by atoms with Crippen LogP contribution in [0.3, 0.4) is 0 Å². The Hall–Kier alpha value is -2.07. The molecule has 0 radical (unpaired) electrons. The normalized spacial score (nSPS) is 17.8. The lowest BCUT2D eigenvalue weighted by atomic mass is 10.1. The third kappa shape index (κ3) is 4.18. The summed E-state index contributed by atoms with van der Waals surface area (Å²) in [6.45, 7) is 5.82. The van der Waals surface area contributed by atoms with E-state index in [1.807, 2.05) is 25.7 Å². The van der Waals surface area contributed by atoms with E-state index in [0.29, 0.717) is 17.3 Å². The van der Waals surface area contributed by atoms with Gasteiger partial charge in [0.15, 0.2) is 5.17 Å². The summed E-state index contributed by atoms with van der Waals surface area (Å²) in [7, 11) is -3.41. The van der Waals surface area contributed by atoms with Crippen molar-refractivity contribution in [2.45, 2.75) is 31.2 Å². The van der Waals surface area contributed by atoms with Crippen molar-refractivity contribution in [1.29, 1.82) is 0 Å². The number of nitrogens with zero attached hydrogens (tertiary/aromatic N) is 2. The van der Waals surface area contributed by atoms with Gasteiger partial charge >= 0.3 is 0 Å². The smallest absolute Gasteiger partial charge is 0.257 e. The Bertz CT molecular complexity index is 903. The molecular formula is C16H20N4O4S2. The topological polar surface area (TPSA) is 108 Å². The number of hydrogen-bond donors (Lipinski definition) is 2. The van der Waals surface area contributed by atoms with E-state index in [4.69, 9.17) is 0 Å². The molecule has 0 fully saturated rings. The second kappa shape index (κ2) is 6.58. The quantitative estimate of drug-likeness (QED) is 0.787. The van der Waals surface area contributed by atoms with E-state index in [-0.39, 0.29) is 29.7 Å². The number of carbonyl (C=O) groups excluding carboxylic acids is 2. The van der Waals surface area contributed by atoms with Crippen molar-refractivity contribution in [3.8, 4) is 0 Å². The molecule has 0 bridgehead atoms. The number of fused-ring (bicyclic) bond motifs is 3. The van der Waals surface area contributed by atoms with Gasteiger partial charge in [-0.05, 0) is 50.7 Å². The fraction of sp³-hybridized carbons (Fsp3) is 0.438. The van der Waals surface area contributed by atoms with Crippen LogP contribution in [0.4, 0.5) is 5.69 Å². The van der Waals surface area contributed by atoms with Crippen LogP contribution in [-0.2, 0) is 14.8 Å². The summed E-state index contributed by atoms with van der Waals surface area (Å²) in [5.74, 6) is -0.656. The Morgan fingerprint density at radius 3 is 2.73 bits per heavy atom.